The third-order valence-electron chi connectivity index (χ3n) is 9.14. The van der Waals surface area contributed by atoms with Gasteiger partial charge in [0, 0.05) is 53.0 Å². The summed E-state index contributed by atoms with van der Waals surface area (Å²) in [6, 6.07) is 55.1. The molecule has 0 amide bonds. The van der Waals surface area contributed by atoms with Crippen molar-refractivity contribution in [1.82, 2.24) is 9.13 Å². The molecule has 0 fully saturated rings. The van der Waals surface area contributed by atoms with Crippen LogP contribution >= 0.6 is 31.9 Å². The zero-order valence-corrected chi connectivity index (χ0v) is 29.8. The summed E-state index contributed by atoms with van der Waals surface area (Å²) in [4.78, 5) is 0. The molecule has 4 heteroatoms. The summed E-state index contributed by atoms with van der Waals surface area (Å²) in [6.45, 7) is 0. The summed E-state index contributed by atoms with van der Waals surface area (Å²) in [5.41, 5.74) is 10.5. The van der Waals surface area contributed by atoms with Gasteiger partial charge < -0.3 is 9.13 Å². The minimum atomic E-state index is 0.848. The van der Waals surface area contributed by atoms with E-state index in [1.807, 2.05) is 24.3 Å². The molecule has 0 radical (unpaired) electrons. The van der Waals surface area contributed by atoms with E-state index in [0.717, 1.165) is 53.6 Å². The third kappa shape index (κ3) is 5.22. The number of rotatable bonds is 2. The number of fused-ring (bicyclic) bond motifs is 6. The van der Waals surface area contributed by atoms with Crippen LogP contribution in [0, 0.1) is 23.7 Å². The Morgan fingerprint density at radius 3 is 1.16 bits per heavy atom. The van der Waals surface area contributed by atoms with Crippen molar-refractivity contribution in [3.8, 4) is 35.1 Å². The van der Waals surface area contributed by atoms with Gasteiger partial charge in [-0.15, -0.1) is 0 Å². The maximum Gasteiger partial charge on any atom is 0.0559 e. The van der Waals surface area contributed by atoms with Crippen LogP contribution in [0.2, 0.25) is 0 Å². The van der Waals surface area contributed by atoms with Crippen LogP contribution in [0.5, 0.6) is 0 Å². The van der Waals surface area contributed by atoms with Crippen LogP contribution in [-0.2, 0) is 0 Å². The van der Waals surface area contributed by atoms with E-state index in [9.17, 15) is 0 Å². The molecule has 0 spiro atoms. The molecule has 9 aromatic rings. The van der Waals surface area contributed by atoms with Gasteiger partial charge in [0.15, 0.2) is 0 Å². The van der Waals surface area contributed by atoms with Gasteiger partial charge in [0.25, 0.3) is 0 Å². The predicted molar refractivity (Wildman–Crippen MR) is 215 cm³/mol. The van der Waals surface area contributed by atoms with Gasteiger partial charge in [0.05, 0.1) is 33.2 Å². The van der Waals surface area contributed by atoms with E-state index in [1.54, 1.807) is 0 Å². The highest BCUT2D eigenvalue weighted by Crippen LogP contribution is 2.34. The summed E-state index contributed by atoms with van der Waals surface area (Å²) in [5.74, 6) is 13.8. The van der Waals surface area contributed by atoms with Gasteiger partial charge in [-0.05, 0) is 117 Å². The van der Waals surface area contributed by atoms with Gasteiger partial charge in [-0.3, -0.25) is 0 Å². The van der Waals surface area contributed by atoms with Crippen LogP contribution < -0.4 is 0 Å². The molecule has 0 aliphatic heterocycles. The molecule has 2 nitrogen and oxygen atoms in total. The van der Waals surface area contributed by atoms with Crippen molar-refractivity contribution in [3.05, 3.63) is 189 Å². The molecule has 0 N–H and O–H groups in total. The Kier molecular flexibility index (Phi) is 7.63. The SMILES string of the molecule is Brc1ccc(Br)c(C#Cc2ccc3c(c2)c2ccccc2n3-c2ccccc2)c1C#Cc1ccc2c(c1)c1ccccc1n2-c1ccccc1. The van der Waals surface area contributed by atoms with Crippen molar-refractivity contribution < 1.29 is 0 Å². The molecule has 9 rings (SSSR count). The minimum Gasteiger partial charge on any atom is -0.309 e. The van der Waals surface area contributed by atoms with E-state index in [2.05, 4.69) is 198 Å². The lowest BCUT2D eigenvalue weighted by molar-refractivity contribution is 1.18. The molecule has 234 valence electrons. The zero-order chi connectivity index (χ0) is 33.6. The Labute approximate surface area is 306 Å². The molecule has 2 heterocycles. The molecule has 0 bridgehead atoms. The van der Waals surface area contributed by atoms with Gasteiger partial charge in [0.1, 0.15) is 0 Å². The maximum absolute atomic E-state index is 3.77. The molecule has 7 aromatic carbocycles. The van der Waals surface area contributed by atoms with Crippen LogP contribution in [0.3, 0.4) is 0 Å². The first-order valence-electron chi connectivity index (χ1n) is 16.3. The molecule has 0 aliphatic carbocycles. The van der Waals surface area contributed by atoms with Gasteiger partial charge in [0.2, 0.25) is 0 Å². The molecular formula is C46H26Br2N2. The summed E-state index contributed by atoms with van der Waals surface area (Å²) < 4.78 is 6.44. The number of hydrogen-bond acceptors (Lipinski definition) is 0. The molecule has 0 saturated carbocycles. The maximum atomic E-state index is 3.77. The van der Waals surface area contributed by atoms with Crippen LogP contribution in [0.15, 0.2) is 167 Å². The summed E-state index contributed by atoms with van der Waals surface area (Å²) >= 11 is 7.54. The fraction of sp³-hybridized carbons (Fsp3) is 0. The van der Waals surface area contributed by atoms with E-state index >= 15 is 0 Å². The fourth-order valence-electron chi connectivity index (χ4n) is 6.88. The minimum absolute atomic E-state index is 0.848. The van der Waals surface area contributed by atoms with Crippen molar-refractivity contribution in [1.29, 1.82) is 0 Å². The van der Waals surface area contributed by atoms with E-state index in [-0.39, 0.29) is 0 Å². The average Bonchev–Trinajstić information content (AvgIpc) is 3.67. The van der Waals surface area contributed by atoms with Gasteiger partial charge >= 0.3 is 0 Å². The third-order valence-corrected chi connectivity index (χ3v) is 10.5. The Bertz CT molecular complexity index is 2690. The van der Waals surface area contributed by atoms with Gasteiger partial charge in [-0.2, -0.15) is 0 Å². The lowest BCUT2D eigenvalue weighted by Crippen LogP contribution is -1.93. The van der Waals surface area contributed by atoms with Crippen molar-refractivity contribution >= 4 is 75.5 Å². The molecule has 0 aliphatic rings. The van der Waals surface area contributed by atoms with Crippen molar-refractivity contribution in [2.24, 2.45) is 0 Å². The zero-order valence-electron chi connectivity index (χ0n) is 26.7. The molecule has 0 atom stereocenters. The molecular weight excluding hydrogens is 740 g/mol. The normalized spacial score (nSPS) is 11.1. The number of hydrogen-bond donors (Lipinski definition) is 0. The van der Waals surface area contributed by atoms with E-state index in [4.69, 9.17) is 0 Å². The molecule has 50 heavy (non-hydrogen) atoms. The van der Waals surface area contributed by atoms with Crippen LogP contribution in [0.4, 0.5) is 0 Å². The van der Waals surface area contributed by atoms with Crippen LogP contribution in [0.1, 0.15) is 22.3 Å². The fourth-order valence-corrected chi connectivity index (χ4v) is 7.74. The topological polar surface area (TPSA) is 9.86 Å². The van der Waals surface area contributed by atoms with Crippen molar-refractivity contribution in [2.45, 2.75) is 0 Å². The highest BCUT2D eigenvalue weighted by Gasteiger charge is 2.14. The standard InChI is InChI=1S/C46H26Br2N2/c47-41-25-26-42(48)36(24-20-32-22-28-46-40(30-32)38-16-8-10-18-44(38)50(46)34-13-5-2-6-14-34)35(41)23-19-31-21-27-45-39(29-31)37-15-7-9-17-43(37)49(45)33-11-3-1-4-12-33/h1-18,21-22,25-30H. The van der Waals surface area contributed by atoms with Gasteiger partial charge in [-0.25, -0.2) is 0 Å². The van der Waals surface area contributed by atoms with Crippen molar-refractivity contribution in [3.63, 3.8) is 0 Å². The molecule has 0 saturated heterocycles. The molecule has 2 aromatic heterocycles. The average molecular weight is 767 g/mol. The number of benzene rings is 7. The highest BCUT2D eigenvalue weighted by molar-refractivity contribution is 9.11. The predicted octanol–water partition coefficient (Wildman–Crippen LogP) is 12.2. The van der Waals surface area contributed by atoms with E-state index in [1.165, 1.54) is 32.6 Å². The van der Waals surface area contributed by atoms with Crippen LogP contribution in [-0.4, -0.2) is 9.13 Å². The Morgan fingerprint density at radius 1 is 0.340 bits per heavy atom. The smallest absolute Gasteiger partial charge is 0.0559 e. The number of aromatic nitrogens is 2. The Balaban J connectivity index is 1.12. The summed E-state index contributed by atoms with van der Waals surface area (Å²) in [7, 11) is 0. The highest BCUT2D eigenvalue weighted by atomic mass is 79.9. The monoisotopic (exact) mass is 764 g/mol. The lowest BCUT2D eigenvalue weighted by Gasteiger charge is -2.07. The second-order valence-corrected chi connectivity index (χ2v) is 13.8. The second-order valence-electron chi connectivity index (χ2n) is 12.1. The second kappa shape index (κ2) is 12.6. The van der Waals surface area contributed by atoms with E-state index < -0.39 is 0 Å². The first-order valence-corrected chi connectivity index (χ1v) is 17.9. The first kappa shape index (κ1) is 30.3. The van der Waals surface area contributed by atoms with E-state index in [0.29, 0.717) is 0 Å². The quantitative estimate of drug-likeness (QED) is 0.155. The molecule has 0 unspecified atom stereocenters. The number of halogens is 2. The summed E-state index contributed by atoms with van der Waals surface area (Å²) in [6.07, 6.45) is 0. The van der Waals surface area contributed by atoms with Gasteiger partial charge in [-0.1, -0.05) is 96.5 Å². The first-order chi connectivity index (χ1) is 24.6. The van der Waals surface area contributed by atoms with Crippen molar-refractivity contribution in [2.75, 3.05) is 0 Å². The number of nitrogens with zero attached hydrogens (tertiary/aromatic N) is 2. The Hall–Kier alpha value is -5.78. The number of para-hydroxylation sites is 4. The largest absolute Gasteiger partial charge is 0.309 e. The summed E-state index contributed by atoms with van der Waals surface area (Å²) in [5, 5.41) is 4.75. The van der Waals surface area contributed by atoms with Crippen LogP contribution in [0.25, 0.3) is 55.0 Å². The Morgan fingerprint density at radius 2 is 0.720 bits per heavy atom. The lowest BCUT2D eigenvalue weighted by atomic mass is 10.1.